The van der Waals surface area contributed by atoms with Gasteiger partial charge in [0.15, 0.2) is 5.78 Å². The number of carbonyl (C=O) groups excluding carboxylic acids is 1. The van der Waals surface area contributed by atoms with E-state index >= 15 is 0 Å². The monoisotopic (exact) mass is 108 g/mol. The van der Waals surface area contributed by atoms with Gasteiger partial charge >= 0.3 is 0 Å². The van der Waals surface area contributed by atoms with Gasteiger partial charge in [0.1, 0.15) is 0 Å². The van der Waals surface area contributed by atoms with Crippen LogP contribution in [0.2, 0.25) is 0 Å². The van der Waals surface area contributed by atoms with Gasteiger partial charge < -0.3 is 0 Å². The van der Waals surface area contributed by atoms with Gasteiger partial charge in [0.25, 0.3) is 0 Å². The zero-order valence-corrected chi connectivity index (χ0v) is 4.85. The molecule has 0 saturated heterocycles. The predicted octanol–water partition coefficient (Wildman–Crippen LogP) is 1.46. The van der Waals surface area contributed by atoms with Gasteiger partial charge in [-0.1, -0.05) is 12.2 Å². The first-order chi connectivity index (χ1) is 3.79. The molecule has 8 heavy (non-hydrogen) atoms. The van der Waals surface area contributed by atoms with Gasteiger partial charge in [0, 0.05) is 6.42 Å². The Morgan fingerprint density at radius 1 is 1.62 bits per heavy atom. The van der Waals surface area contributed by atoms with Gasteiger partial charge in [-0.15, -0.1) is 0 Å². The van der Waals surface area contributed by atoms with Crippen LogP contribution < -0.4 is 0 Å². The third kappa shape index (κ3) is 1.06. The second kappa shape index (κ2) is 1.95. The fourth-order valence-electron chi connectivity index (χ4n) is 0.722. The molecule has 0 aliphatic heterocycles. The lowest BCUT2D eigenvalue weighted by atomic mass is 10.1. The molecular weight excluding hydrogens is 100 g/mol. The SMILES string of the molecule is CC1=CC(=O)CC=C1. The van der Waals surface area contributed by atoms with E-state index < -0.39 is 0 Å². The van der Waals surface area contributed by atoms with Crippen LogP contribution in [0, 0.1) is 0 Å². The largest absolute Gasteiger partial charge is 0.295 e. The maximum absolute atomic E-state index is 10.5. The Balaban J connectivity index is 2.77. The second-order valence-corrected chi connectivity index (χ2v) is 1.96. The fourth-order valence-corrected chi connectivity index (χ4v) is 0.722. The number of rotatable bonds is 0. The van der Waals surface area contributed by atoms with Crippen LogP contribution in [0.5, 0.6) is 0 Å². The van der Waals surface area contributed by atoms with Crippen molar-refractivity contribution < 1.29 is 4.79 Å². The number of ketones is 1. The van der Waals surface area contributed by atoms with Crippen LogP contribution in [0.15, 0.2) is 23.8 Å². The van der Waals surface area contributed by atoms with Crippen molar-refractivity contribution in [3.05, 3.63) is 23.8 Å². The topological polar surface area (TPSA) is 17.1 Å². The molecular formula is C7H8O. The Morgan fingerprint density at radius 3 is 2.75 bits per heavy atom. The maximum atomic E-state index is 10.5. The van der Waals surface area contributed by atoms with Crippen LogP contribution in [0.25, 0.3) is 0 Å². The van der Waals surface area contributed by atoms with Crippen molar-refractivity contribution >= 4 is 5.78 Å². The van der Waals surface area contributed by atoms with Crippen LogP contribution in [-0.2, 0) is 4.79 Å². The molecule has 42 valence electrons. The highest BCUT2D eigenvalue weighted by molar-refractivity contribution is 5.92. The summed E-state index contributed by atoms with van der Waals surface area (Å²) in [6.45, 7) is 1.92. The van der Waals surface area contributed by atoms with Gasteiger partial charge in [0.2, 0.25) is 0 Å². The van der Waals surface area contributed by atoms with Crippen molar-refractivity contribution in [1.29, 1.82) is 0 Å². The molecule has 0 aromatic heterocycles. The van der Waals surface area contributed by atoms with Crippen LogP contribution in [-0.4, -0.2) is 5.78 Å². The number of hydrogen-bond donors (Lipinski definition) is 0. The lowest BCUT2D eigenvalue weighted by Gasteiger charge is -1.96. The smallest absolute Gasteiger partial charge is 0.159 e. The third-order valence-corrected chi connectivity index (χ3v) is 1.09. The quantitative estimate of drug-likeness (QED) is 0.459. The third-order valence-electron chi connectivity index (χ3n) is 1.09. The molecule has 1 heteroatoms. The minimum absolute atomic E-state index is 0.213. The summed E-state index contributed by atoms with van der Waals surface area (Å²) in [5.74, 6) is 0.213. The summed E-state index contributed by atoms with van der Waals surface area (Å²) in [6, 6.07) is 0. The average molecular weight is 108 g/mol. The fraction of sp³-hybridized carbons (Fsp3) is 0.286. The van der Waals surface area contributed by atoms with E-state index in [4.69, 9.17) is 0 Å². The Bertz CT molecular complexity index is 163. The highest BCUT2D eigenvalue weighted by Crippen LogP contribution is 2.04. The zero-order chi connectivity index (χ0) is 5.98. The van der Waals surface area contributed by atoms with E-state index in [0.717, 1.165) is 5.57 Å². The van der Waals surface area contributed by atoms with E-state index in [1.807, 2.05) is 19.1 Å². The van der Waals surface area contributed by atoms with Gasteiger partial charge in [0.05, 0.1) is 0 Å². The highest BCUT2D eigenvalue weighted by atomic mass is 16.1. The predicted molar refractivity (Wildman–Crippen MR) is 32.5 cm³/mol. The molecule has 0 N–H and O–H groups in total. The van der Waals surface area contributed by atoms with Gasteiger partial charge in [-0.25, -0.2) is 0 Å². The van der Waals surface area contributed by atoms with Crippen molar-refractivity contribution in [2.24, 2.45) is 0 Å². The van der Waals surface area contributed by atoms with E-state index in [2.05, 4.69) is 0 Å². The molecule has 0 bridgehead atoms. The molecule has 0 radical (unpaired) electrons. The van der Waals surface area contributed by atoms with Crippen LogP contribution in [0.4, 0.5) is 0 Å². The average Bonchev–Trinajstić information content (AvgIpc) is 1.64. The van der Waals surface area contributed by atoms with Crippen LogP contribution in [0.3, 0.4) is 0 Å². The Labute approximate surface area is 48.7 Å². The molecule has 0 atom stereocenters. The standard InChI is InChI=1S/C7H8O/c1-6-3-2-4-7(8)5-6/h2-3,5H,4H2,1H3. The minimum atomic E-state index is 0.213. The van der Waals surface area contributed by atoms with Crippen LogP contribution >= 0.6 is 0 Å². The van der Waals surface area contributed by atoms with Crippen molar-refractivity contribution in [1.82, 2.24) is 0 Å². The van der Waals surface area contributed by atoms with Gasteiger partial charge in [-0.2, -0.15) is 0 Å². The molecule has 0 aromatic rings. The van der Waals surface area contributed by atoms with E-state index in [0.29, 0.717) is 6.42 Å². The summed E-state index contributed by atoms with van der Waals surface area (Å²) in [5.41, 5.74) is 1.06. The molecule has 0 amide bonds. The maximum Gasteiger partial charge on any atom is 0.159 e. The first kappa shape index (κ1) is 5.29. The first-order valence-electron chi connectivity index (χ1n) is 2.67. The zero-order valence-electron chi connectivity index (χ0n) is 4.85. The molecule has 0 aromatic carbocycles. The van der Waals surface area contributed by atoms with Gasteiger partial charge in [-0.05, 0) is 18.6 Å². The van der Waals surface area contributed by atoms with Crippen molar-refractivity contribution in [3.63, 3.8) is 0 Å². The normalized spacial score (nSPS) is 18.6. The van der Waals surface area contributed by atoms with Crippen molar-refractivity contribution in [2.75, 3.05) is 0 Å². The number of allylic oxidation sites excluding steroid dienone is 4. The Kier molecular flexibility index (Phi) is 1.29. The summed E-state index contributed by atoms with van der Waals surface area (Å²) in [6.07, 6.45) is 6.09. The van der Waals surface area contributed by atoms with Crippen molar-refractivity contribution in [3.8, 4) is 0 Å². The molecule has 1 aliphatic rings. The summed E-state index contributed by atoms with van der Waals surface area (Å²) >= 11 is 0. The van der Waals surface area contributed by atoms with E-state index in [-0.39, 0.29) is 5.78 Å². The Morgan fingerprint density at radius 2 is 2.38 bits per heavy atom. The molecule has 0 heterocycles. The highest BCUT2D eigenvalue weighted by Gasteiger charge is 1.97. The second-order valence-electron chi connectivity index (χ2n) is 1.96. The van der Waals surface area contributed by atoms with E-state index in [1.165, 1.54) is 0 Å². The lowest BCUT2D eigenvalue weighted by molar-refractivity contribution is -0.113. The number of hydrogen-bond acceptors (Lipinski definition) is 1. The summed E-state index contributed by atoms with van der Waals surface area (Å²) in [7, 11) is 0. The molecule has 0 spiro atoms. The van der Waals surface area contributed by atoms with E-state index in [1.54, 1.807) is 6.08 Å². The lowest BCUT2D eigenvalue weighted by Crippen LogP contribution is -1.94. The number of carbonyl (C=O) groups is 1. The van der Waals surface area contributed by atoms with E-state index in [9.17, 15) is 4.79 Å². The summed E-state index contributed by atoms with van der Waals surface area (Å²) in [5, 5.41) is 0. The first-order valence-corrected chi connectivity index (χ1v) is 2.67. The molecule has 1 nitrogen and oxygen atoms in total. The summed E-state index contributed by atoms with van der Waals surface area (Å²) in [4.78, 5) is 10.5. The summed E-state index contributed by atoms with van der Waals surface area (Å²) < 4.78 is 0. The van der Waals surface area contributed by atoms with Crippen molar-refractivity contribution in [2.45, 2.75) is 13.3 Å². The molecule has 0 fully saturated rings. The molecule has 1 aliphatic carbocycles. The van der Waals surface area contributed by atoms with Gasteiger partial charge in [-0.3, -0.25) is 4.79 Å². The molecule has 0 saturated carbocycles. The minimum Gasteiger partial charge on any atom is -0.295 e. The Hall–Kier alpha value is -0.850. The molecule has 1 rings (SSSR count). The molecule has 0 unspecified atom stereocenters. The van der Waals surface area contributed by atoms with Crippen LogP contribution in [0.1, 0.15) is 13.3 Å².